The summed E-state index contributed by atoms with van der Waals surface area (Å²) >= 11 is 1.93. The van der Waals surface area contributed by atoms with Gasteiger partial charge >= 0.3 is 0 Å². The Hall–Kier alpha value is -3.02. The number of ether oxygens (including phenoxy) is 1. The van der Waals surface area contributed by atoms with Gasteiger partial charge in [0, 0.05) is 10.6 Å². The third-order valence-corrected chi connectivity index (χ3v) is 5.00. The molecule has 6 nitrogen and oxygen atoms in total. The first kappa shape index (κ1) is 21.7. The average Bonchev–Trinajstić information content (AvgIpc) is 2.68. The number of aromatic nitrogens is 1. The zero-order valence-corrected chi connectivity index (χ0v) is 17.9. The van der Waals surface area contributed by atoms with Gasteiger partial charge in [0.25, 0.3) is 11.5 Å². The summed E-state index contributed by atoms with van der Waals surface area (Å²) in [6, 6.07) is 7.50. The van der Waals surface area contributed by atoms with E-state index >= 15 is 0 Å². The van der Waals surface area contributed by atoms with Crippen LogP contribution in [0.2, 0.25) is 0 Å². The number of hydrogen-bond acceptors (Lipinski definition) is 4. The van der Waals surface area contributed by atoms with E-state index < -0.39 is 34.7 Å². The van der Waals surface area contributed by atoms with Crippen LogP contribution in [0.25, 0.3) is 0 Å². The van der Waals surface area contributed by atoms with Gasteiger partial charge < -0.3 is 15.8 Å². The molecule has 0 atom stereocenters. The maximum absolute atomic E-state index is 14.3. The lowest BCUT2D eigenvalue weighted by molar-refractivity contribution is 0.0998. The molecular weight excluding hydrogens is 514 g/mol. The first-order chi connectivity index (χ1) is 14.1. The van der Waals surface area contributed by atoms with Gasteiger partial charge in [-0.25, -0.2) is 8.78 Å². The Balaban J connectivity index is 2.24. The van der Waals surface area contributed by atoms with Crippen molar-refractivity contribution >= 4 is 40.0 Å². The molecule has 156 valence electrons. The number of nitrogens with one attached hydrogen (secondary N) is 1. The summed E-state index contributed by atoms with van der Waals surface area (Å²) < 4.78 is 49.1. The normalized spacial score (nSPS) is 10.7. The Morgan fingerprint density at radius 2 is 1.87 bits per heavy atom. The minimum absolute atomic E-state index is 0.0281. The number of primary amides is 1. The Bertz CT molecular complexity index is 1230. The van der Waals surface area contributed by atoms with Gasteiger partial charge in [-0.2, -0.15) is 4.39 Å². The number of hydrogen-bond donors (Lipinski definition) is 2. The van der Waals surface area contributed by atoms with Gasteiger partial charge in [-0.05, 0) is 59.8 Å². The zero-order chi connectivity index (χ0) is 22.2. The summed E-state index contributed by atoms with van der Waals surface area (Å²) in [6.07, 6.45) is 0. The second-order valence-corrected chi connectivity index (χ2v) is 7.55. The van der Waals surface area contributed by atoms with Crippen molar-refractivity contribution in [2.45, 2.75) is 6.92 Å². The molecule has 0 aliphatic carbocycles. The summed E-state index contributed by atoms with van der Waals surface area (Å²) in [5.74, 6) is -5.19. The monoisotopic (exact) mass is 529 g/mol. The highest BCUT2D eigenvalue weighted by molar-refractivity contribution is 14.1. The molecule has 2 aromatic carbocycles. The molecule has 1 amide bonds. The Labute approximate surface area is 182 Å². The standard InChI is InChI=1S/C20H15F3IN3O3/c1-9-17(30-14-5-3-4-11(21)16(14)23)15(18(25)28)19(27(2)20(9)29)26-13-7-6-10(24)8-12(13)22/h3-8,26H,1-2H3,(H2,25,28). The van der Waals surface area contributed by atoms with E-state index in [1.807, 2.05) is 22.6 Å². The van der Waals surface area contributed by atoms with Crippen molar-refractivity contribution in [2.24, 2.45) is 12.8 Å². The van der Waals surface area contributed by atoms with Crippen molar-refractivity contribution in [3.63, 3.8) is 0 Å². The van der Waals surface area contributed by atoms with E-state index in [-0.39, 0.29) is 28.4 Å². The SMILES string of the molecule is Cc1c(Oc2cccc(F)c2F)c(C(N)=O)c(Nc2ccc(I)cc2F)n(C)c1=O. The largest absolute Gasteiger partial charge is 0.453 e. The molecular formula is C20H15F3IN3O3. The summed E-state index contributed by atoms with van der Waals surface area (Å²) in [5, 5.41) is 2.67. The van der Waals surface area contributed by atoms with Gasteiger partial charge in [0.05, 0.1) is 11.3 Å². The number of benzene rings is 2. The summed E-state index contributed by atoms with van der Waals surface area (Å²) in [6.45, 7) is 1.34. The summed E-state index contributed by atoms with van der Waals surface area (Å²) in [5.41, 5.74) is 4.48. The van der Waals surface area contributed by atoms with E-state index in [0.29, 0.717) is 3.57 Å². The van der Waals surface area contributed by atoms with Crippen LogP contribution < -0.4 is 21.3 Å². The lowest BCUT2D eigenvalue weighted by atomic mass is 10.1. The Morgan fingerprint density at radius 1 is 1.17 bits per heavy atom. The van der Waals surface area contributed by atoms with Crippen LogP contribution in [0, 0.1) is 27.9 Å². The van der Waals surface area contributed by atoms with E-state index in [1.165, 1.54) is 32.2 Å². The van der Waals surface area contributed by atoms with Crippen LogP contribution in [0.3, 0.4) is 0 Å². The fraction of sp³-hybridized carbons (Fsp3) is 0.100. The van der Waals surface area contributed by atoms with E-state index in [9.17, 15) is 22.8 Å². The van der Waals surface area contributed by atoms with Gasteiger partial charge in [-0.1, -0.05) is 6.07 Å². The lowest BCUT2D eigenvalue weighted by Crippen LogP contribution is -2.28. The van der Waals surface area contributed by atoms with Crippen molar-refractivity contribution in [1.29, 1.82) is 0 Å². The second kappa shape index (κ2) is 8.38. The van der Waals surface area contributed by atoms with E-state index in [4.69, 9.17) is 10.5 Å². The lowest BCUT2D eigenvalue weighted by Gasteiger charge is -2.20. The van der Waals surface area contributed by atoms with Crippen molar-refractivity contribution in [3.05, 3.63) is 78.9 Å². The predicted molar refractivity (Wildman–Crippen MR) is 114 cm³/mol. The predicted octanol–water partition coefficient (Wildman–Crippen LogP) is 4.35. The molecule has 3 aromatic rings. The molecule has 0 spiro atoms. The highest BCUT2D eigenvalue weighted by atomic mass is 127. The summed E-state index contributed by atoms with van der Waals surface area (Å²) in [7, 11) is 1.35. The molecule has 3 rings (SSSR count). The smallest absolute Gasteiger partial charge is 0.258 e. The van der Waals surface area contributed by atoms with Crippen LogP contribution in [0.5, 0.6) is 11.5 Å². The fourth-order valence-corrected chi connectivity index (χ4v) is 3.26. The maximum atomic E-state index is 14.3. The molecule has 3 N–H and O–H groups in total. The second-order valence-electron chi connectivity index (χ2n) is 6.31. The van der Waals surface area contributed by atoms with Crippen molar-refractivity contribution in [1.82, 2.24) is 4.57 Å². The van der Waals surface area contributed by atoms with Gasteiger partial charge in [0.15, 0.2) is 17.3 Å². The first-order valence-corrected chi connectivity index (χ1v) is 9.57. The zero-order valence-electron chi connectivity index (χ0n) is 15.7. The highest BCUT2D eigenvalue weighted by Gasteiger charge is 2.25. The number of carbonyl (C=O) groups is 1. The number of amides is 1. The van der Waals surface area contributed by atoms with Crippen LogP contribution >= 0.6 is 22.6 Å². The molecule has 0 saturated carbocycles. The van der Waals surface area contributed by atoms with Crippen molar-refractivity contribution in [2.75, 3.05) is 5.32 Å². The molecule has 1 heterocycles. The van der Waals surface area contributed by atoms with Crippen molar-refractivity contribution < 1.29 is 22.7 Å². The number of pyridine rings is 1. The van der Waals surface area contributed by atoms with Crippen LogP contribution in [0.15, 0.2) is 41.2 Å². The summed E-state index contributed by atoms with van der Waals surface area (Å²) in [4.78, 5) is 24.9. The Kier molecular flexibility index (Phi) is 6.06. The van der Waals surface area contributed by atoms with Crippen molar-refractivity contribution in [3.8, 4) is 11.5 Å². The van der Waals surface area contributed by atoms with E-state index in [1.54, 1.807) is 6.07 Å². The van der Waals surface area contributed by atoms with E-state index in [2.05, 4.69) is 5.32 Å². The molecule has 0 bridgehead atoms. The van der Waals surface area contributed by atoms with Crippen LogP contribution in [-0.4, -0.2) is 10.5 Å². The van der Waals surface area contributed by atoms with Gasteiger partial charge in [0.2, 0.25) is 5.82 Å². The third-order valence-electron chi connectivity index (χ3n) is 4.32. The minimum atomic E-state index is -1.30. The van der Waals surface area contributed by atoms with Crippen LogP contribution in [0.1, 0.15) is 15.9 Å². The number of carbonyl (C=O) groups excluding carboxylic acids is 1. The number of anilines is 2. The van der Waals surface area contributed by atoms with Crippen LogP contribution in [-0.2, 0) is 7.05 Å². The molecule has 0 unspecified atom stereocenters. The van der Waals surface area contributed by atoms with Gasteiger partial charge in [-0.15, -0.1) is 0 Å². The average molecular weight is 529 g/mol. The maximum Gasteiger partial charge on any atom is 0.258 e. The molecule has 0 aliphatic rings. The topological polar surface area (TPSA) is 86.3 Å². The molecule has 10 heteroatoms. The molecule has 0 fully saturated rings. The number of nitrogens with two attached hydrogens (primary N) is 1. The Morgan fingerprint density at radius 3 is 2.50 bits per heavy atom. The van der Waals surface area contributed by atoms with Gasteiger partial charge in [0.1, 0.15) is 17.2 Å². The highest BCUT2D eigenvalue weighted by Crippen LogP contribution is 2.35. The third kappa shape index (κ3) is 3.99. The fourth-order valence-electron chi connectivity index (χ4n) is 2.81. The minimum Gasteiger partial charge on any atom is -0.453 e. The van der Waals surface area contributed by atoms with Gasteiger partial charge in [-0.3, -0.25) is 14.2 Å². The number of halogens is 4. The molecule has 0 saturated heterocycles. The first-order valence-electron chi connectivity index (χ1n) is 8.49. The number of nitrogens with zero attached hydrogens (tertiary/aromatic N) is 1. The number of rotatable bonds is 5. The molecule has 1 aromatic heterocycles. The van der Waals surface area contributed by atoms with E-state index in [0.717, 1.165) is 16.7 Å². The quantitative estimate of drug-likeness (QED) is 0.482. The molecule has 0 radical (unpaired) electrons. The molecule has 30 heavy (non-hydrogen) atoms. The molecule has 0 aliphatic heterocycles. The van der Waals surface area contributed by atoms with Crippen LogP contribution in [0.4, 0.5) is 24.7 Å².